The van der Waals surface area contributed by atoms with Crippen LogP contribution in [0.25, 0.3) is 0 Å². The fraction of sp³-hybridized carbons (Fsp3) is 0.632. The van der Waals surface area contributed by atoms with Crippen LogP contribution in [0.4, 0.5) is 0 Å². The topological polar surface area (TPSA) is 7.76 Å². The van der Waals surface area contributed by atoms with Crippen molar-refractivity contribution < 1.29 is 9.13 Å². The Morgan fingerprint density at radius 1 is 0.375 bits per heavy atom. The van der Waals surface area contributed by atoms with Gasteiger partial charge in [-0.1, -0.05) is 75.7 Å². The first-order chi connectivity index (χ1) is 19.9. The maximum atomic E-state index is 2.43. The Kier molecular flexibility index (Phi) is 18.1. The smallest absolute Gasteiger partial charge is 0.171 e. The summed E-state index contributed by atoms with van der Waals surface area (Å²) < 4.78 is 4.83. The normalized spacial score (nSPS) is 21.0. The molecule has 220 valence electrons. The molecule has 1 aliphatic heterocycles. The van der Waals surface area contributed by atoms with Gasteiger partial charge in [-0.3, -0.25) is 0 Å². The predicted octanol–water partition coefficient (Wildman–Crippen LogP) is 9.97. The highest BCUT2D eigenvalue weighted by Crippen LogP contribution is 2.12. The fourth-order valence-corrected chi connectivity index (χ4v) is 5.93. The standard InChI is InChI=1S/C38H60N2/c1-3-7-11-15-19-23-31-39-33-26-30-38(36-39)28-22-18-14-10-6-2-4-8-12-16-20-24-32-40-34-25-29-37(35-40)27-21-17-13-9-5-1/h9-10,13-14,25-26,29-30,33-36H,1-8,11-12,15-24,27-28,31-32H2/q+2/b13-9+,14-10+. The van der Waals surface area contributed by atoms with Crippen LogP contribution in [0.1, 0.15) is 140 Å². The van der Waals surface area contributed by atoms with Gasteiger partial charge in [0.25, 0.3) is 0 Å². The Balaban J connectivity index is 1.36. The Morgan fingerprint density at radius 2 is 0.725 bits per heavy atom. The summed E-state index contributed by atoms with van der Waals surface area (Å²) in [4.78, 5) is 0. The van der Waals surface area contributed by atoms with E-state index >= 15 is 0 Å². The van der Waals surface area contributed by atoms with Crippen molar-refractivity contribution in [1.82, 2.24) is 0 Å². The van der Waals surface area contributed by atoms with Crippen molar-refractivity contribution in [2.75, 3.05) is 0 Å². The third-order valence-corrected chi connectivity index (χ3v) is 8.42. The summed E-state index contributed by atoms with van der Waals surface area (Å²) >= 11 is 0. The molecule has 0 unspecified atom stereocenters. The van der Waals surface area contributed by atoms with Gasteiger partial charge in [-0.25, -0.2) is 9.13 Å². The van der Waals surface area contributed by atoms with Crippen molar-refractivity contribution in [2.24, 2.45) is 0 Å². The van der Waals surface area contributed by atoms with E-state index in [4.69, 9.17) is 0 Å². The van der Waals surface area contributed by atoms with Crippen molar-refractivity contribution in [3.05, 3.63) is 84.5 Å². The Labute approximate surface area is 247 Å². The lowest BCUT2D eigenvalue weighted by Gasteiger charge is -2.03. The Morgan fingerprint density at radius 3 is 1.15 bits per heavy atom. The number of aromatic nitrogens is 2. The largest absolute Gasteiger partial charge is 0.205 e. The molecule has 0 radical (unpaired) electrons. The number of hydrogen-bond donors (Lipinski definition) is 0. The van der Waals surface area contributed by atoms with Crippen molar-refractivity contribution in [1.29, 1.82) is 0 Å². The maximum Gasteiger partial charge on any atom is 0.171 e. The van der Waals surface area contributed by atoms with Gasteiger partial charge in [0, 0.05) is 36.1 Å². The van der Waals surface area contributed by atoms with Crippen LogP contribution in [0.2, 0.25) is 0 Å². The molecule has 0 N–H and O–H groups in total. The van der Waals surface area contributed by atoms with Crippen molar-refractivity contribution in [3.63, 3.8) is 0 Å². The summed E-state index contributed by atoms with van der Waals surface area (Å²) in [6, 6.07) is 9.09. The van der Waals surface area contributed by atoms with E-state index in [1.165, 1.54) is 165 Å². The van der Waals surface area contributed by atoms with Crippen molar-refractivity contribution >= 4 is 0 Å². The first-order valence-electron chi connectivity index (χ1n) is 17.2. The zero-order chi connectivity index (χ0) is 27.8. The monoisotopic (exact) mass is 544 g/mol. The molecule has 40 heavy (non-hydrogen) atoms. The second-order valence-corrected chi connectivity index (χ2v) is 12.2. The molecule has 0 aromatic carbocycles. The van der Waals surface area contributed by atoms with E-state index in [1.807, 2.05) is 0 Å². The number of aryl methyl sites for hydroxylation is 4. The molecular weight excluding hydrogens is 484 g/mol. The Bertz CT molecular complexity index is 867. The minimum atomic E-state index is 1.17. The molecule has 2 aromatic heterocycles. The van der Waals surface area contributed by atoms with Gasteiger partial charge in [0.05, 0.1) is 0 Å². The van der Waals surface area contributed by atoms with Gasteiger partial charge in [0.1, 0.15) is 13.1 Å². The van der Waals surface area contributed by atoms with Gasteiger partial charge in [0.2, 0.25) is 0 Å². The van der Waals surface area contributed by atoms with Crippen LogP contribution >= 0.6 is 0 Å². The molecule has 1 aliphatic rings. The second kappa shape index (κ2) is 22.5. The molecule has 2 heteroatoms. The molecule has 2 aromatic rings. The van der Waals surface area contributed by atoms with E-state index in [0.717, 1.165) is 0 Å². The number of rotatable bonds is 0. The average Bonchev–Trinajstić information content (AvgIpc) is 2.97. The highest BCUT2D eigenvalue weighted by Gasteiger charge is 2.04. The van der Waals surface area contributed by atoms with Crippen LogP contribution in [-0.2, 0) is 25.9 Å². The number of fused-ring (bicyclic) bond motifs is 4. The molecule has 0 spiro atoms. The van der Waals surface area contributed by atoms with Crippen LogP contribution in [0.3, 0.4) is 0 Å². The number of hydrogen-bond acceptors (Lipinski definition) is 0. The summed E-state index contributed by atoms with van der Waals surface area (Å²) in [5.41, 5.74) is 2.99. The van der Waals surface area contributed by atoms with Crippen LogP contribution in [-0.4, -0.2) is 0 Å². The van der Waals surface area contributed by atoms with Gasteiger partial charge >= 0.3 is 0 Å². The zero-order valence-corrected chi connectivity index (χ0v) is 25.8. The van der Waals surface area contributed by atoms with Gasteiger partial charge < -0.3 is 0 Å². The highest BCUT2D eigenvalue weighted by molar-refractivity contribution is 5.06. The minimum Gasteiger partial charge on any atom is -0.205 e. The third kappa shape index (κ3) is 16.1. The molecule has 4 bridgehead atoms. The van der Waals surface area contributed by atoms with Gasteiger partial charge in [-0.15, -0.1) is 0 Å². The van der Waals surface area contributed by atoms with E-state index in [2.05, 4.69) is 82.5 Å². The second-order valence-electron chi connectivity index (χ2n) is 12.2. The third-order valence-electron chi connectivity index (χ3n) is 8.42. The van der Waals surface area contributed by atoms with Gasteiger partial charge in [-0.2, -0.15) is 0 Å². The van der Waals surface area contributed by atoms with E-state index < -0.39 is 0 Å². The molecule has 0 aliphatic carbocycles. The first-order valence-corrected chi connectivity index (χ1v) is 17.2. The molecule has 3 heterocycles. The lowest BCUT2D eigenvalue weighted by atomic mass is 10.1. The highest BCUT2D eigenvalue weighted by atomic mass is 14.9. The summed E-state index contributed by atoms with van der Waals surface area (Å²) in [5.74, 6) is 0. The SMILES string of the molecule is C1=C/CCCc2ccc[n+](c2)CCCCCCCCC/C=C/CCCc2ccc[n+](c2)CCCCCCCCC/1. The molecule has 0 amide bonds. The van der Waals surface area contributed by atoms with E-state index in [1.54, 1.807) is 0 Å². The van der Waals surface area contributed by atoms with Crippen molar-refractivity contribution in [2.45, 2.75) is 154 Å². The molecule has 0 saturated carbocycles. The van der Waals surface area contributed by atoms with Crippen LogP contribution in [0.15, 0.2) is 73.4 Å². The first kappa shape index (κ1) is 32.3. The molecule has 3 rings (SSSR count). The summed E-state index contributed by atoms with van der Waals surface area (Å²) in [7, 11) is 0. The number of allylic oxidation sites excluding steroid dienone is 4. The Hall–Kier alpha value is -2.22. The fourth-order valence-electron chi connectivity index (χ4n) is 5.93. The molecule has 0 atom stereocenters. The van der Waals surface area contributed by atoms with Crippen molar-refractivity contribution in [3.8, 4) is 0 Å². The molecular formula is C38H60N2+2. The number of nitrogens with zero attached hydrogens (tertiary/aromatic N) is 2. The maximum absolute atomic E-state index is 2.43. The summed E-state index contributed by atoms with van der Waals surface area (Å²) in [5, 5.41) is 0. The van der Waals surface area contributed by atoms with Crippen LogP contribution in [0, 0.1) is 0 Å². The van der Waals surface area contributed by atoms with Gasteiger partial charge in [0.15, 0.2) is 24.8 Å². The molecule has 0 saturated heterocycles. The minimum absolute atomic E-state index is 1.17. The zero-order valence-electron chi connectivity index (χ0n) is 25.8. The molecule has 2 nitrogen and oxygen atoms in total. The quantitative estimate of drug-likeness (QED) is 0.230. The van der Waals surface area contributed by atoms with E-state index in [9.17, 15) is 0 Å². The van der Waals surface area contributed by atoms with E-state index in [-0.39, 0.29) is 0 Å². The molecule has 0 fully saturated rings. The van der Waals surface area contributed by atoms with Gasteiger partial charge in [-0.05, 0) is 89.2 Å². The summed E-state index contributed by atoms with van der Waals surface area (Å²) in [6.07, 6.45) is 48.1. The summed E-state index contributed by atoms with van der Waals surface area (Å²) in [6.45, 7) is 2.34. The lowest BCUT2D eigenvalue weighted by Crippen LogP contribution is -2.33. The lowest BCUT2D eigenvalue weighted by molar-refractivity contribution is -0.697. The predicted molar refractivity (Wildman–Crippen MR) is 171 cm³/mol. The van der Waals surface area contributed by atoms with Crippen LogP contribution < -0.4 is 9.13 Å². The van der Waals surface area contributed by atoms with Crippen LogP contribution in [0.5, 0.6) is 0 Å². The number of pyridine rings is 2. The van der Waals surface area contributed by atoms with E-state index in [0.29, 0.717) is 0 Å². The average molecular weight is 545 g/mol.